The third-order valence-corrected chi connectivity index (χ3v) is 1.84. The van der Waals surface area contributed by atoms with Gasteiger partial charge < -0.3 is 10.2 Å². The van der Waals surface area contributed by atoms with Crippen molar-refractivity contribution in [3.63, 3.8) is 0 Å². The summed E-state index contributed by atoms with van der Waals surface area (Å²) < 4.78 is 0. The monoisotopic (exact) mass is 196 g/mol. The highest BCUT2D eigenvalue weighted by Crippen LogP contribution is 2.00. The minimum atomic E-state index is -0.381. The Bertz CT molecular complexity index is 183. The Kier molecular flexibility index (Phi) is 9.59. The molecule has 2 nitrogen and oxygen atoms in total. The molecule has 0 saturated carbocycles. The van der Waals surface area contributed by atoms with Gasteiger partial charge in [-0.1, -0.05) is 30.4 Å². The number of unbranched alkanes of at least 4 members (excludes halogenated alkanes) is 1. The fraction of sp³-hybridized carbons (Fsp3) is 0.500. The smallest absolute Gasteiger partial charge is 0.0721 e. The van der Waals surface area contributed by atoms with Crippen LogP contribution in [0, 0.1) is 0 Å². The average Bonchev–Trinajstić information content (AvgIpc) is 2.21. The van der Waals surface area contributed by atoms with Gasteiger partial charge in [0.2, 0.25) is 0 Å². The number of hydrogen-bond acceptors (Lipinski definition) is 2. The molecule has 0 aromatic carbocycles. The lowest BCUT2D eigenvalue weighted by Gasteiger charge is -1.99. The lowest BCUT2D eigenvalue weighted by Crippen LogP contribution is -1.99. The molecule has 0 amide bonds. The summed E-state index contributed by atoms with van der Waals surface area (Å²) in [4.78, 5) is 0. The van der Waals surface area contributed by atoms with E-state index in [0.717, 1.165) is 25.7 Å². The number of rotatable bonds is 8. The molecule has 0 radical (unpaired) electrons. The molecule has 2 N–H and O–H groups in total. The van der Waals surface area contributed by atoms with Crippen molar-refractivity contribution in [2.45, 2.75) is 31.8 Å². The summed E-state index contributed by atoms with van der Waals surface area (Å²) in [6.45, 7) is 3.62. The Labute approximate surface area is 86.3 Å². The number of allylic oxidation sites excluding steroid dienone is 3. The predicted molar refractivity (Wildman–Crippen MR) is 60.0 cm³/mol. The van der Waals surface area contributed by atoms with Crippen molar-refractivity contribution in [1.82, 2.24) is 0 Å². The van der Waals surface area contributed by atoms with Crippen LogP contribution < -0.4 is 0 Å². The minimum absolute atomic E-state index is 0.120. The van der Waals surface area contributed by atoms with E-state index >= 15 is 0 Å². The zero-order valence-electron chi connectivity index (χ0n) is 8.60. The largest absolute Gasteiger partial charge is 0.392 e. The van der Waals surface area contributed by atoms with Crippen molar-refractivity contribution in [3.8, 4) is 0 Å². The summed E-state index contributed by atoms with van der Waals surface area (Å²) in [6.07, 6.45) is 12.6. The predicted octanol–water partition coefficient (Wildman–Crippen LogP) is 2.20. The second kappa shape index (κ2) is 10.2. The van der Waals surface area contributed by atoms with Gasteiger partial charge in [0.05, 0.1) is 12.7 Å². The molecule has 0 aromatic rings. The van der Waals surface area contributed by atoms with E-state index in [1.807, 2.05) is 6.08 Å². The molecule has 0 aliphatic carbocycles. The standard InChI is InChI=1S/C12H20O2/c1-2-12(14)10-8-6-4-3-5-7-9-11-13/h2,4,6-7,9,12-14H,1,3,5,8,10-11H2/b6-4+,9-7+. The van der Waals surface area contributed by atoms with Crippen molar-refractivity contribution in [3.05, 3.63) is 37.0 Å². The molecule has 0 fully saturated rings. The number of aliphatic hydroxyl groups excluding tert-OH is 2. The van der Waals surface area contributed by atoms with E-state index in [2.05, 4.69) is 18.7 Å². The highest BCUT2D eigenvalue weighted by Gasteiger charge is 1.93. The quantitative estimate of drug-likeness (QED) is 0.461. The second-order valence-corrected chi connectivity index (χ2v) is 3.08. The molecular weight excluding hydrogens is 176 g/mol. The van der Waals surface area contributed by atoms with Gasteiger partial charge in [0.15, 0.2) is 0 Å². The number of aliphatic hydroxyl groups is 2. The zero-order valence-corrected chi connectivity index (χ0v) is 8.60. The molecule has 0 spiro atoms. The van der Waals surface area contributed by atoms with Crippen LogP contribution >= 0.6 is 0 Å². The Hall–Kier alpha value is -0.860. The van der Waals surface area contributed by atoms with Gasteiger partial charge in [-0.25, -0.2) is 0 Å². The molecule has 0 aliphatic heterocycles. The lowest BCUT2D eigenvalue weighted by atomic mass is 10.2. The van der Waals surface area contributed by atoms with Gasteiger partial charge in [-0.05, 0) is 25.7 Å². The van der Waals surface area contributed by atoms with Crippen LogP contribution in [0.2, 0.25) is 0 Å². The Morgan fingerprint density at radius 2 is 1.57 bits per heavy atom. The first-order valence-electron chi connectivity index (χ1n) is 5.02. The Balaban J connectivity index is 3.27. The lowest BCUT2D eigenvalue weighted by molar-refractivity contribution is 0.214. The summed E-state index contributed by atoms with van der Waals surface area (Å²) in [6, 6.07) is 0. The maximum Gasteiger partial charge on any atom is 0.0721 e. The van der Waals surface area contributed by atoms with Gasteiger partial charge in [0.25, 0.3) is 0 Å². The topological polar surface area (TPSA) is 40.5 Å². The summed E-state index contributed by atoms with van der Waals surface area (Å²) in [5.41, 5.74) is 0. The number of hydrogen-bond donors (Lipinski definition) is 2. The van der Waals surface area contributed by atoms with Crippen LogP contribution in [0.4, 0.5) is 0 Å². The first kappa shape index (κ1) is 13.1. The maximum atomic E-state index is 9.14. The summed E-state index contributed by atoms with van der Waals surface area (Å²) in [7, 11) is 0. The summed E-state index contributed by atoms with van der Waals surface area (Å²) in [5.74, 6) is 0. The molecule has 14 heavy (non-hydrogen) atoms. The van der Waals surface area contributed by atoms with Crippen LogP contribution in [-0.2, 0) is 0 Å². The van der Waals surface area contributed by atoms with E-state index in [0.29, 0.717) is 0 Å². The highest BCUT2D eigenvalue weighted by atomic mass is 16.3. The average molecular weight is 196 g/mol. The van der Waals surface area contributed by atoms with E-state index in [-0.39, 0.29) is 12.7 Å². The van der Waals surface area contributed by atoms with Crippen LogP contribution in [-0.4, -0.2) is 22.9 Å². The molecule has 80 valence electrons. The first-order chi connectivity index (χ1) is 6.81. The van der Waals surface area contributed by atoms with Crippen molar-refractivity contribution in [2.75, 3.05) is 6.61 Å². The molecule has 0 heterocycles. The molecule has 1 atom stereocenters. The van der Waals surface area contributed by atoms with Crippen LogP contribution in [0.5, 0.6) is 0 Å². The fourth-order valence-electron chi connectivity index (χ4n) is 1.01. The molecule has 0 aromatic heterocycles. The fourth-order valence-corrected chi connectivity index (χ4v) is 1.01. The molecule has 1 unspecified atom stereocenters. The van der Waals surface area contributed by atoms with Crippen LogP contribution in [0.25, 0.3) is 0 Å². The Morgan fingerprint density at radius 3 is 2.14 bits per heavy atom. The van der Waals surface area contributed by atoms with Gasteiger partial charge in [-0.15, -0.1) is 6.58 Å². The molecule has 0 bridgehead atoms. The molecule has 0 saturated heterocycles. The van der Waals surface area contributed by atoms with Gasteiger partial charge in [0, 0.05) is 0 Å². The van der Waals surface area contributed by atoms with E-state index in [1.165, 1.54) is 0 Å². The highest BCUT2D eigenvalue weighted by molar-refractivity contribution is 4.89. The third-order valence-electron chi connectivity index (χ3n) is 1.84. The van der Waals surface area contributed by atoms with Gasteiger partial charge >= 0.3 is 0 Å². The van der Waals surface area contributed by atoms with E-state index in [9.17, 15) is 0 Å². The van der Waals surface area contributed by atoms with Crippen LogP contribution in [0.15, 0.2) is 37.0 Å². The first-order valence-corrected chi connectivity index (χ1v) is 5.02. The maximum absolute atomic E-state index is 9.14. The van der Waals surface area contributed by atoms with E-state index in [4.69, 9.17) is 10.2 Å². The summed E-state index contributed by atoms with van der Waals surface area (Å²) >= 11 is 0. The molecule has 0 aliphatic rings. The molecule has 2 heteroatoms. The van der Waals surface area contributed by atoms with Crippen molar-refractivity contribution in [2.24, 2.45) is 0 Å². The minimum Gasteiger partial charge on any atom is -0.392 e. The van der Waals surface area contributed by atoms with Crippen molar-refractivity contribution < 1.29 is 10.2 Å². The van der Waals surface area contributed by atoms with Crippen molar-refractivity contribution in [1.29, 1.82) is 0 Å². The Morgan fingerprint density at radius 1 is 1.00 bits per heavy atom. The van der Waals surface area contributed by atoms with Gasteiger partial charge in [0.1, 0.15) is 0 Å². The molecular formula is C12H20O2. The van der Waals surface area contributed by atoms with Crippen LogP contribution in [0.1, 0.15) is 25.7 Å². The summed E-state index contributed by atoms with van der Waals surface area (Å²) in [5, 5.41) is 17.6. The zero-order chi connectivity index (χ0) is 10.6. The molecule has 0 rings (SSSR count). The van der Waals surface area contributed by atoms with Crippen molar-refractivity contribution >= 4 is 0 Å². The second-order valence-electron chi connectivity index (χ2n) is 3.08. The SMILES string of the molecule is C=CC(O)CC/C=C/CC/C=C/CO. The van der Waals surface area contributed by atoms with Crippen LogP contribution in [0.3, 0.4) is 0 Å². The van der Waals surface area contributed by atoms with E-state index < -0.39 is 0 Å². The van der Waals surface area contributed by atoms with E-state index in [1.54, 1.807) is 12.2 Å². The van der Waals surface area contributed by atoms with Gasteiger partial charge in [-0.2, -0.15) is 0 Å². The van der Waals surface area contributed by atoms with Gasteiger partial charge in [-0.3, -0.25) is 0 Å². The normalized spacial score (nSPS) is 13.9. The third kappa shape index (κ3) is 9.23.